The van der Waals surface area contributed by atoms with Crippen LogP contribution >= 0.6 is 0 Å². The fourth-order valence-corrected chi connectivity index (χ4v) is 1.03. The van der Waals surface area contributed by atoms with E-state index in [2.05, 4.69) is 4.74 Å². The summed E-state index contributed by atoms with van der Waals surface area (Å²) in [6, 6.07) is 1.25. The van der Waals surface area contributed by atoms with Crippen molar-refractivity contribution in [3.05, 3.63) is 23.5 Å². The average molecular weight is 245 g/mol. The van der Waals surface area contributed by atoms with E-state index in [1.807, 2.05) is 0 Å². The molecular formula is C8H5F6NO. The van der Waals surface area contributed by atoms with Crippen LogP contribution in [0.4, 0.5) is 32.0 Å². The lowest BCUT2D eigenvalue weighted by atomic mass is 10.1. The molecule has 2 N–H and O–H groups in total. The molecule has 90 valence electrons. The van der Waals surface area contributed by atoms with Crippen LogP contribution in [-0.4, -0.2) is 6.61 Å². The fraction of sp³-hybridized carbons (Fsp3) is 0.250. The number of alkyl halides is 5. The lowest BCUT2D eigenvalue weighted by Crippen LogP contribution is -2.14. The first-order valence-electron chi connectivity index (χ1n) is 3.83. The van der Waals surface area contributed by atoms with Gasteiger partial charge < -0.3 is 10.5 Å². The summed E-state index contributed by atoms with van der Waals surface area (Å²) >= 11 is 0. The highest BCUT2D eigenvalue weighted by molar-refractivity contribution is 5.50. The second kappa shape index (κ2) is 4.11. The first-order valence-corrected chi connectivity index (χ1v) is 3.83. The second-order valence-corrected chi connectivity index (χ2v) is 2.72. The summed E-state index contributed by atoms with van der Waals surface area (Å²) < 4.78 is 77.1. The predicted octanol–water partition coefficient (Wildman–Crippen LogP) is 3.03. The normalized spacial score (nSPS) is 11.9. The summed E-state index contributed by atoms with van der Waals surface area (Å²) in [4.78, 5) is 0. The first kappa shape index (κ1) is 12.5. The molecule has 8 heteroatoms. The molecule has 0 saturated heterocycles. The van der Waals surface area contributed by atoms with E-state index in [9.17, 15) is 26.3 Å². The van der Waals surface area contributed by atoms with E-state index in [4.69, 9.17) is 5.73 Å². The molecule has 1 aromatic rings. The number of halogens is 6. The minimum absolute atomic E-state index is 0.535. The minimum atomic E-state index is -5.16. The van der Waals surface area contributed by atoms with Crippen LogP contribution in [0.15, 0.2) is 12.1 Å². The predicted molar refractivity (Wildman–Crippen MR) is 42.4 cm³/mol. The molecule has 0 fully saturated rings. The Bertz CT molecular complexity index is 389. The van der Waals surface area contributed by atoms with E-state index in [0.29, 0.717) is 12.1 Å². The summed E-state index contributed by atoms with van der Waals surface area (Å²) in [6.45, 7) is -3.48. The summed E-state index contributed by atoms with van der Waals surface area (Å²) in [5, 5.41) is 0. The molecule has 0 heterocycles. The highest BCUT2D eigenvalue weighted by Gasteiger charge is 2.39. The van der Waals surface area contributed by atoms with Crippen LogP contribution in [0.25, 0.3) is 0 Å². The van der Waals surface area contributed by atoms with Crippen LogP contribution in [-0.2, 0) is 6.18 Å². The molecule has 0 atom stereocenters. The molecule has 1 rings (SSSR count). The second-order valence-electron chi connectivity index (χ2n) is 2.72. The third-order valence-electron chi connectivity index (χ3n) is 1.63. The Balaban J connectivity index is 3.33. The van der Waals surface area contributed by atoms with Crippen molar-refractivity contribution < 1.29 is 31.1 Å². The number of nitrogens with two attached hydrogens (primary N) is 1. The zero-order valence-corrected chi connectivity index (χ0v) is 7.49. The summed E-state index contributed by atoms with van der Waals surface area (Å²) in [7, 11) is 0. The maximum Gasteiger partial charge on any atom is 0.422 e. The van der Waals surface area contributed by atoms with Crippen molar-refractivity contribution in [2.24, 2.45) is 0 Å². The highest BCUT2D eigenvalue weighted by atomic mass is 19.4. The SMILES string of the molecule is Nc1ccc(OC(F)F)c(C(F)(F)F)c1F. The molecule has 0 saturated carbocycles. The molecule has 2 nitrogen and oxygen atoms in total. The van der Waals surface area contributed by atoms with Gasteiger partial charge in [0.15, 0.2) is 5.82 Å². The van der Waals surface area contributed by atoms with Crippen molar-refractivity contribution in [1.29, 1.82) is 0 Å². The Kier molecular flexibility index (Phi) is 3.20. The van der Waals surface area contributed by atoms with Gasteiger partial charge in [-0.2, -0.15) is 22.0 Å². The van der Waals surface area contributed by atoms with Crippen LogP contribution in [0.1, 0.15) is 5.56 Å². The molecule has 0 amide bonds. The average Bonchev–Trinajstić information content (AvgIpc) is 2.08. The number of rotatable bonds is 2. The maximum absolute atomic E-state index is 13.0. The standard InChI is InChI=1S/C8H5F6NO/c9-6-3(15)1-2-4(16-7(10)11)5(6)8(12,13)14/h1-2,7H,15H2. The summed E-state index contributed by atoms with van der Waals surface area (Å²) in [6.07, 6.45) is -5.16. The van der Waals surface area contributed by atoms with Gasteiger partial charge in [-0.05, 0) is 12.1 Å². The molecule has 1 aromatic carbocycles. The van der Waals surface area contributed by atoms with Gasteiger partial charge in [-0.25, -0.2) is 4.39 Å². The minimum Gasteiger partial charge on any atom is -0.434 e. The number of nitrogen functional groups attached to an aromatic ring is 1. The summed E-state index contributed by atoms with van der Waals surface area (Å²) in [5.41, 5.74) is 2.16. The largest absolute Gasteiger partial charge is 0.434 e. The van der Waals surface area contributed by atoms with Gasteiger partial charge in [-0.3, -0.25) is 0 Å². The number of benzene rings is 1. The van der Waals surface area contributed by atoms with E-state index in [1.165, 1.54) is 0 Å². The van der Waals surface area contributed by atoms with Gasteiger partial charge in [0.25, 0.3) is 0 Å². The van der Waals surface area contributed by atoms with Crippen molar-refractivity contribution in [3.8, 4) is 5.75 Å². The molecule has 16 heavy (non-hydrogen) atoms. The highest BCUT2D eigenvalue weighted by Crippen LogP contribution is 2.40. The maximum atomic E-state index is 13.0. The first-order chi connectivity index (χ1) is 7.23. The van der Waals surface area contributed by atoms with Crippen LogP contribution in [0, 0.1) is 5.82 Å². The molecule has 0 spiro atoms. The monoisotopic (exact) mass is 245 g/mol. The smallest absolute Gasteiger partial charge is 0.422 e. The number of ether oxygens (including phenoxy) is 1. The van der Waals surface area contributed by atoms with Crippen LogP contribution in [0.2, 0.25) is 0 Å². The Labute approximate surface area is 85.6 Å². The Morgan fingerprint density at radius 1 is 1.19 bits per heavy atom. The number of hydrogen-bond acceptors (Lipinski definition) is 2. The van der Waals surface area contributed by atoms with Crippen LogP contribution in [0.3, 0.4) is 0 Å². The van der Waals surface area contributed by atoms with Gasteiger partial charge in [0.05, 0.1) is 5.69 Å². The molecule has 0 aliphatic carbocycles. The van der Waals surface area contributed by atoms with Gasteiger partial charge in [-0.1, -0.05) is 0 Å². The van der Waals surface area contributed by atoms with Gasteiger partial charge in [0.2, 0.25) is 0 Å². The van der Waals surface area contributed by atoms with Gasteiger partial charge in [0, 0.05) is 0 Å². The molecule has 0 aliphatic heterocycles. The van der Waals surface area contributed by atoms with E-state index in [1.54, 1.807) is 0 Å². The number of anilines is 1. The van der Waals surface area contributed by atoms with Gasteiger partial charge in [-0.15, -0.1) is 0 Å². The van der Waals surface area contributed by atoms with E-state index in [0.717, 1.165) is 0 Å². The Hall–Kier alpha value is -1.60. The van der Waals surface area contributed by atoms with Crippen molar-refractivity contribution >= 4 is 5.69 Å². The molecular weight excluding hydrogens is 240 g/mol. The molecule has 0 radical (unpaired) electrons. The zero-order valence-electron chi connectivity index (χ0n) is 7.49. The summed E-state index contributed by atoms with van der Waals surface area (Å²) in [5.74, 6) is -3.13. The lowest BCUT2D eigenvalue weighted by molar-refractivity contribution is -0.144. The lowest BCUT2D eigenvalue weighted by Gasteiger charge is -2.14. The Morgan fingerprint density at radius 2 is 1.75 bits per heavy atom. The third kappa shape index (κ3) is 2.50. The van der Waals surface area contributed by atoms with Crippen LogP contribution < -0.4 is 10.5 Å². The molecule has 0 unspecified atom stereocenters. The molecule has 0 aromatic heterocycles. The van der Waals surface area contributed by atoms with Crippen molar-refractivity contribution in [2.75, 3.05) is 5.73 Å². The van der Waals surface area contributed by atoms with Gasteiger partial charge in [0.1, 0.15) is 11.3 Å². The third-order valence-corrected chi connectivity index (χ3v) is 1.63. The van der Waals surface area contributed by atoms with Crippen molar-refractivity contribution in [1.82, 2.24) is 0 Å². The van der Waals surface area contributed by atoms with Crippen molar-refractivity contribution in [3.63, 3.8) is 0 Å². The fourth-order valence-electron chi connectivity index (χ4n) is 1.03. The number of hydrogen-bond donors (Lipinski definition) is 1. The quantitative estimate of drug-likeness (QED) is 0.642. The Morgan fingerprint density at radius 3 is 2.19 bits per heavy atom. The molecule has 0 bridgehead atoms. The van der Waals surface area contributed by atoms with E-state index < -0.39 is 35.6 Å². The topological polar surface area (TPSA) is 35.2 Å². The molecule has 0 aliphatic rings. The van der Waals surface area contributed by atoms with E-state index >= 15 is 0 Å². The van der Waals surface area contributed by atoms with E-state index in [-0.39, 0.29) is 0 Å². The van der Waals surface area contributed by atoms with Gasteiger partial charge >= 0.3 is 12.8 Å². The van der Waals surface area contributed by atoms with Crippen molar-refractivity contribution in [2.45, 2.75) is 12.8 Å². The van der Waals surface area contributed by atoms with Crippen LogP contribution in [0.5, 0.6) is 5.75 Å². The zero-order chi connectivity index (χ0) is 12.5.